The number of nitrogens with zero attached hydrogens (tertiary/aromatic N) is 1. The van der Waals surface area contributed by atoms with Crippen molar-refractivity contribution in [2.24, 2.45) is 0 Å². The van der Waals surface area contributed by atoms with Crippen LogP contribution in [0.25, 0.3) is 33.0 Å². The number of alkyl halides is 3. The molecule has 10 heteroatoms. The molecule has 1 N–H and O–H groups in total. The molecular weight excluding hydrogens is 645 g/mol. The number of hydrogen-bond acceptors (Lipinski definition) is 5. The number of esters is 1. The summed E-state index contributed by atoms with van der Waals surface area (Å²) in [5.74, 6) is -0.0664. The summed E-state index contributed by atoms with van der Waals surface area (Å²) in [6, 6.07) is 22.6. The first-order chi connectivity index (χ1) is 23.7. The molecule has 7 nitrogen and oxygen atoms in total. The van der Waals surface area contributed by atoms with Crippen molar-refractivity contribution < 1.29 is 37.0 Å². The number of rotatable bonds is 9. The lowest BCUT2D eigenvalue weighted by atomic mass is 9.87. The molecule has 5 rings (SSSR count). The van der Waals surface area contributed by atoms with Crippen molar-refractivity contribution in [3.63, 3.8) is 0 Å². The maximum atomic E-state index is 13.1. The number of carbonyl (C=O) groups is 3. The van der Waals surface area contributed by atoms with Gasteiger partial charge >= 0.3 is 18.2 Å². The zero-order chi connectivity index (χ0) is 36.1. The van der Waals surface area contributed by atoms with Crippen molar-refractivity contribution in [2.75, 3.05) is 26.2 Å². The van der Waals surface area contributed by atoms with Gasteiger partial charge in [-0.05, 0) is 122 Å². The molecule has 1 heterocycles. The van der Waals surface area contributed by atoms with Crippen molar-refractivity contribution >= 4 is 28.7 Å². The van der Waals surface area contributed by atoms with Crippen molar-refractivity contribution in [3.05, 3.63) is 95.6 Å². The van der Waals surface area contributed by atoms with E-state index in [1.807, 2.05) is 41.3 Å². The highest BCUT2D eigenvalue weighted by Crippen LogP contribution is 2.36. The fraction of sp³-hybridized carbons (Fsp3) is 0.375. The molecular formula is C40H43F3N2O5. The van der Waals surface area contributed by atoms with E-state index in [1.54, 1.807) is 33.8 Å². The molecule has 50 heavy (non-hydrogen) atoms. The van der Waals surface area contributed by atoms with Crippen LogP contribution in [-0.4, -0.2) is 54.7 Å². The molecule has 1 saturated heterocycles. The Labute approximate surface area is 290 Å². The average molecular weight is 689 g/mol. The lowest BCUT2D eigenvalue weighted by molar-refractivity contribution is -0.137. The maximum absolute atomic E-state index is 13.1. The number of carbonyl (C=O) groups excluding carboxylic acids is 3. The van der Waals surface area contributed by atoms with Gasteiger partial charge in [0.25, 0.3) is 0 Å². The number of amides is 2. The van der Waals surface area contributed by atoms with E-state index >= 15 is 0 Å². The molecule has 0 unspecified atom stereocenters. The van der Waals surface area contributed by atoms with E-state index in [2.05, 4.69) is 17.4 Å². The van der Waals surface area contributed by atoms with Crippen molar-refractivity contribution in [2.45, 2.75) is 71.1 Å². The fourth-order valence-corrected chi connectivity index (χ4v) is 6.27. The molecule has 0 aliphatic carbocycles. The molecule has 0 aromatic heterocycles. The van der Waals surface area contributed by atoms with Crippen LogP contribution >= 0.6 is 0 Å². The van der Waals surface area contributed by atoms with Gasteiger partial charge in [0, 0.05) is 26.1 Å². The molecule has 0 radical (unpaired) electrons. The van der Waals surface area contributed by atoms with Crippen LogP contribution in [-0.2, 0) is 20.4 Å². The molecule has 0 saturated carbocycles. The highest BCUT2D eigenvalue weighted by Gasteiger charge is 2.30. The highest BCUT2D eigenvalue weighted by molar-refractivity contribution is 6.04. The lowest BCUT2D eigenvalue weighted by Crippen LogP contribution is -2.38. The van der Waals surface area contributed by atoms with Gasteiger partial charge in [-0.2, -0.15) is 13.2 Å². The number of nitrogens with one attached hydrogen (secondary N) is 1. The van der Waals surface area contributed by atoms with Crippen LogP contribution in [0.4, 0.5) is 18.0 Å². The van der Waals surface area contributed by atoms with Crippen LogP contribution in [0.3, 0.4) is 0 Å². The first-order valence-corrected chi connectivity index (χ1v) is 17.0. The summed E-state index contributed by atoms with van der Waals surface area (Å²) in [6.07, 6.45) is -2.31. The number of hydrogen-bond donors (Lipinski definition) is 1. The van der Waals surface area contributed by atoms with E-state index in [-0.39, 0.29) is 12.5 Å². The van der Waals surface area contributed by atoms with Crippen molar-refractivity contribution in [1.82, 2.24) is 10.2 Å². The molecule has 1 aliphatic rings. The summed E-state index contributed by atoms with van der Waals surface area (Å²) in [7, 11) is 0. The largest absolute Gasteiger partial charge is 0.462 e. The van der Waals surface area contributed by atoms with Crippen molar-refractivity contribution in [1.29, 1.82) is 0 Å². The molecule has 2 amide bonds. The maximum Gasteiger partial charge on any atom is 0.416 e. The third kappa shape index (κ3) is 9.22. The number of likely N-dealkylation sites (tertiary alicyclic amines) is 1. The van der Waals surface area contributed by atoms with Gasteiger partial charge in [0.15, 0.2) is 0 Å². The Kier molecular flexibility index (Phi) is 11.2. The number of fused-ring (bicyclic) bond motifs is 1. The van der Waals surface area contributed by atoms with E-state index in [0.717, 1.165) is 52.4 Å². The van der Waals surface area contributed by atoms with E-state index < -0.39 is 29.4 Å². The molecule has 264 valence electrons. The van der Waals surface area contributed by atoms with E-state index in [4.69, 9.17) is 9.47 Å². The smallest absolute Gasteiger partial charge is 0.416 e. The van der Waals surface area contributed by atoms with E-state index in [9.17, 15) is 27.6 Å². The van der Waals surface area contributed by atoms with Gasteiger partial charge in [0.05, 0.1) is 17.7 Å². The van der Waals surface area contributed by atoms with Crippen LogP contribution < -0.4 is 5.32 Å². The minimum absolute atomic E-state index is 0.0830. The number of benzene rings is 4. The topological polar surface area (TPSA) is 84.9 Å². The fourth-order valence-electron chi connectivity index (χ4n) is 6.27. The minimum Gasteiger partial charge on any atom is -0.462 e. The second-order valence-electron chi connectivity index (χ2n) is 13.6. The SMILES string of the molecule is CCOC(=O)c1cc(-c2ccc(C3CCN(C(=O)CCCNC(=O)OC(C)(C)C)CC3)cc2)c2ccc(-c3ccc(C(F)(F)F)cc3)cc2c1. The second kappa shape index (κ2) is 15.4. The summed E-state index contributed by atoms with van der Waals surface area (Å²) in [4.78, 5) is 39.4. The normalized spacial score (nSPS) is 14.0. The Morgan fingerprint density at radius 1 is 0.840 bits per heavy atom. The monoisotopic (exact) mass is 688 g/mol. The number of alkyl carbamates (subject to hydrolysis) is 1. The number of piperidine rings is 1. The molecule has 1 aliphatic heterocycles. The summed E-state index contributed by atoms with van der Waals surface area (Å²) >= 11 is 0. The lowest BCUT2D eigenvalue weighted by Gasteiger charge is -2.32. The molecule has 4 aromatic carbocycles. The Morgan fingerprint density at radius 2 is 1.48 bits per heavy atom. The molecule has 0 spiro atoms. The molecule has 1 fully saturated rings. The van der Waals surface area contributed by atoms with Gasteiger partial charge < -0.3 is 19.7 Å². The van der Waals surface area contributed by atoms with E-state index in [0.29, 0.717) is 49.5 Å². The third-order valence-electron chi connectivity index (χ3n) is 8.79. The Hall–Kier alpha value is -4.86. The highest BCUT2D eigenvalue weighted by atomic mass is 19.4. The number of ether oxygens (including phenoxy) is 2. The van der Waals surface area contributed by atoms with Gasteiger partial charge in [-0.1, -0.05) is 48.5 Å². The zero-order valence-corrected chi connectivity index (χ0v) is 28.9. The Morgan fingerprint density at radius 3 is 2.10 bits per heavy atom. The molecule has 0 atom stereocenters. The summed E-state index contributed by atoms with van der Waals surface area (Å²) in [5.41, 5.74) is 3.42. The van der Waals surface area contributed by atoms with Crippen LogP contribution in [0.5, 0.6) is 0 Å². The van der Waals surface area contributed by atoms with Gasteiger partial charge in [-0.15, -0.1) is 0 Å². The van der Waals surface area contributed by atoms with Crippen LogP contribution in [0.15, 0.2) is 78.9 Å². The predicted octanol–water partition coefficient (Wildman–Crippen LogP) is 9.38. The first kappa shape index (κ1) is 36.4. The van der Waals surface area contributed by atoms with Crippen LogP contribution in [0.2, 0.25) is 0 Å². The second-order valence-corrected chi connectivity index (χ2v) is 13.6. The van der Waals surface area contributed by atoms with Gasteiger partial charge in [-0.3, -0.25) is 4.79 Å². The standard InChI is InChI=1S/C40H43F3N2O5/c1-5-49-37(47)32-24-31-23-30(27-12-15-33(16-13-27)40(41,42)43)14-17-34(31)35(25-32)29-10-8-26(9-11-29)28-18-21-45(22-19-28)36(46)7-6-20-44-38(48)50-39(2,3)4/h8-17,23-25,28H,5-7,18-22H2,1-4H3,(H,44,48). The zero-order valence-electron chi connectivity index (χ0n) is 28.9. The van der Waals surface area contributed by atoms with Crippen LogP contribution in [0, 0.1) is 0 Å². The Bertz CT molecular complexity index is 1820. The average Bonchev–Trinajstić information content (AvgIpc) is 3.08. The quantitative estimate of drug-likeness (QED) is 0.140. The minimum atomic E-state index is -4.41. The summed E-state index contributed by atoms with van der Waals surface area (Å²) in [6.45, 7) is 9.08. The van der Waals surface area contributed by atoms with Gasteiger partial charge in [-0.25, -0.2) is 9.59 Å². The van der Waals surface area contributed by atoms with E-state index in [1.165, 1.54) is 17.7 Å². The summed E-state index contributed by atoms with van der Waals surface area (Å²) < 4.78 is 49.9. The third-order valence-corrected chi connectivity index (χ3v) is 8.79. The van der Waals surface area contributed by atoms with Crippen molar-refractivity contribution in [3.8, 4) is 22.3 Å². The van der Waals surface area contributed by atoms with Crippen LogP contribution in [0.1, 0.15) is 80.8 Å². The van der Waals surface area contributed by atoms with Gasteiger partial charge in [0.1, 0.15) is 5.60 Å². The first-order valence-electron chi connectivity index (χ1n) is 17.0. The Balaban J connectivity index is 1.27. The molecule has 0 bridgehead atoms. The molecule has 4 aromatic rings. The summed E-state index contributed by atoms with van der Waals surface area (Å²) in [5, 5.41) is 4.36. The number of halogens is 3. The predicted molar refractivity (Wildman–Crippen MR) is 188 cm³/mol. The van der Waals surface area contributed by atoms with Gasteiger partial charge in [0.2, 0.25) is 5.91 Å².